The van der Waals surface area contributed by atoms with Gasteiger partial charge in [-0.25, -0.2) is 8.98 Å². The van der Waals surface area contributed by atoms with Gasteiger partial charge in [-0.1, -0.05) is 0 Å². The van der Waals surface area contributed by atoms with Crippen molar-refractivity contribution >= 4 is 27.3 Å². The number of rotatable bonds is 7. The summed E-state index contributed by atoms with van der Waals surface area (Å²) in [5.41, 5.74) is -1.03. The number of benzene rings is 2. The van der Waals surface area contributed by atoms with Gasteiger partial charge in [0.25, 0.3) is 0 Å². The molecule has 6 N–H and O–H groups in total. The number of aliphatic carboxylic acids is 1. The molecule has 4 rings (SSSR count). The van der Waals surface area contributed by atoms with Gasteiger partial charge in [0.2, 0.25) is 12.0 Å². The molecule has 1 aliphatic rings. The molecule has 1 aliphatic heterocycles. The lowest BCUT2D eigenvalue weighted by Crippen LogP contribution is -2.62. The van der Waals surface area contributed by atoms with Gasteiger partial charge in [0.1, 0.15) is 34.9 Å². The van der Waals surface area contributed by atoms with Crippen LogP contribution in [0.1, 0.15) is 0 Å². The minimum Gasteiger partial charge on any atom is -0.507 e. The van der Waals surface area contributed by atoms with Crippen molar-refractivity contribution in [3.8, 4) is 34.3 Å². The van der Waals surface area contributed by atoms with E-state index in [0.717, 1.165) is 6.07 Å². The molecule has 0 saturated carbocycles. The molecule has 0 unspecified atom stereocenters. The first kappa shape index (κ1) is 27.1. The SMILES string of the molecule is COc1ccc(-c2cc(=O)c3c(O)cc(O)c(O[C@@H]4O[C@H](C(=O)O)[C@@H](O)[C@H](O)[C@H]4OS(=O)(=O)O)c3o2)cc1. The summed E-state index contributed by atoms with van der Waals surface area (Å²) < 4.78 is 57.4. The number of carbonyl (C=O) groups is 1. The predicted octanol–water partition coefficient (Wildman–Crippen LogP) is -0.0221. The summed E-state index contributed by atoms with van der Waals surface area (Å²) in [4.78, 5) is 24.4. The number of phenols is 2. The average molecular weight is 556 g/mol. The van der Waals surface area contributed by atoms with E-state index in [4.69, 9.17) is 23.2 Å². The van der Waals surface area contributed by atoms with E-state index in [1.165, 1.54) is 19.2 Å². The van der Waals surface area contributed by atoms with Crippen molar-refractivity contribution in [3.63, 3.8) is 0 Å². The fraction of sp³-hybridized carbons (Fsp3) is 0.273. The summed E-state index contributed by atoms with van der Waals surface area (Å²) in [7, 11) is -3.88. The molecule has 16 heteroatoms. The Kier molecular flexibility index (Phi) is 7.20. The van der Waals surface area contributed by atoms with Gasteiger partial charge in [-0.05, 0) is 24.3 Å². The largest absolute Gasteiger partial charge is 0.507 e. The molecule has 0 amide bonds. The fourth-order valence-corrected chi connectivity index (χ4v) is 4.27. The van der Waals surface area contributed by atoms with Crippen LogP contribution in [0.4, 0.5) is 0 Å². The highest BCUT2D eigenvalue weighted by Crippen LogP contribution is 2.42. The number of phenolic OH excluding ortho intramolecular Hbond substituents is 2. The van der Waals surface area contributed by atoms with E-state index in [2.05, 4.69) is 4.18 Å². The average Bonchev–Trinajstić information content (AvgIpc) is 2.84. The molecule has 0 radical (unpaired) electrons. The maximum atomic E-state index is 12.9. The van der Waals surface area contributed by atoms with E-state index in [1.807, 2.05) is 0 Å². The third-order valence-corrected chi connectivity index (χ3v) is 6.01. The van der Waals surface area contributed by atoms with Gasteiger partial charge in [0, 0.05) is 17.7 Å². The van der Waals surface area contributed by atoms with E-state index >= 15 is 0 Å². The van der Waals surface area contributed by atoms with E-state index < -0.39 is 80.7 Å². The summed E-state index contributed by atoms with van der Waals surface area (Å²) in [6, 6.07) is 7.89. The molecule has 1 aromatic heterocycles. The number of fused-ring (bicyclic) bond motifs is 1. The second-order valence-corrected chi connectivity index (χ2v) is 9.05. The number of aromatic hydroxyl groups is 2. The van der Waals surface area contributed by atoms with Crippen LogP contribution < -0.4 is 14.9 Å². The molecule has 5 atom stereocenters. The van der Waals surface area contributed by atoms with Crippen molar-refractivity contribution in [3.05, 3.63) is 46.6 Å². The molecule has 0 aliphatic carbocycles. The number of carboxylic acid groups (broad SMARTS) is 1. The zero-order chi connectivity index (χ0) is 27.9. The summed E-state index contributed by atoms with van der Waals surface area (Å²) in [5.74, 6) is -3.74. The van der Waals surface area contributed by atoms with Crippen molar-refractivity contribution < 1.29 is 66.1 Å². The van der Waals surface area contributed by atoms with Gasteiger partial charge in [-0.2, -0.15) is 8.42 Å². The van der Waals surface area contributed by atoms with Gasteiger partial charge >= 0.3 is 16.4 Å². The Morgan fingerprint density at radius 1 is 1.03 bits per heavy atom. The van der Waals surface area contributed by atoms with Crippen LogP contribution in [0.3, 0.4) is 0 Å². The second kappa shape index (κ2) is 10.1. The molecule has 1 fully saturated rings. The molecular weight excluding hydrogens is 536 g/mol. The summed E-state index contributed by atoms with van der Waals surface area (Å²) >= 11 is 0. The minimum atomic E-state index is -5.32. The molecule has 2 heterocycles. The zero-order valence-corrected chi connectivity index (χ0v) is 19.9. The van der Waals surface area contributed by atoms with Crippen LogP contribution in [0.25, 0.3) is 22.3 Å². The topological polar surface area (TPSA) is 240 Å². The first-order valence-corrected chi connectivity index (χ1v) is 11.9. The molecule has 15 nitrogen and oxygen atoms in total. The van der Waals surface area contributed by atoms with Crippen LogP contribution in [0, 0.1) is 0 Å². The lowest BCUT2D eigenvalue weighted by atomic mass is 9.99. The molecule has 0 spiro atoms. The van der Waals surface area contributed by atoms with E-state index in [-0.39, 0.29) is 5.76 Å². The van der Waals surface area contributed by atoms with Crippen molar-refractivity contribution in [1.29, 1.82) is 0 Å². The number of carboxylic acids is 1. The number of methoxy groups -OCH3 is 1. The molecule has 1 saturated heterocycles. The maximum Gasteiger partial charge on any atom is 0.397 e. The van der Waals surface area contributed by atoms with Crippen molar-refractivity contribution in [1.82, 2.24) is 0 Å². The lowest BCUT2D eigenvalue weighted by Gasteiger charge is -2.39. The Balaban J connectivity index is 1.86. The molecule has 38 heavy (non-hydrogen) atoms. The Bertz CT molecular complexity index is 1530. The number of hydrogen-bond acceptors (Lipinski definition) is 13. The summed E-state index contributed by atoms with van der Waals surface area (Å²) in [6.07, 6.45) is -11.2. The van der Waals surface area contributed by atoms with Crippen LogP contribution in [0.2, 0.25) is 0 Å². The normalized spacial score (nSPS) is 23.7. The number of aliphatic hydroxyl groups is 2. The van der Waals surface area contributed by atoms with Crippen LogP contribution in [-0.4, -0.2) is 82.3 Å². The van der Waals surface area contributed by atoms with Crippen LogP contribution >= 0.6 is 0 Å². The monoisotopic (exact) mass is 556 g/mol. The first-order valence-electron chi connectivity index (χ1n) is 10.5. The maximum absolute atomic E-state index is 12.9. The molecule has 0 bridgehead atoms. The summed E-state index contributed by atoms with van der Waals surface area (Å²) in [5, 5.41) is 50.0. The molecule has 3 aromatic rings. The smallest absolute Gasteiger partial charge is 0.397 e. The summed E-state index contributed by atoms with van der Waals surface area (Å²) in [6.45, 7) is 0. The van der Waals surface area contributed by atoms with E-state index in [0.29, 0.717) is 17.4 Å². The van der Waals surface area contributed by atoms with Crippen LogP contribution in [0.5, 0.6) is 23.0 Å². The van der Waals surface area contributed by atoms with Gasteiger partial charge < -0.3 is 44.2 Å². The zero-order valence-electron chi connectivity index (χ0n) is 19.1. The minimum absolute atomic E-state index is 0.0748. The highest BCUT2D eigenvalue weighted by atomic mass is 32.3. The number of ether oxygens (including phenoxy) is 3. The van der Waals surface area contributed by atoms with Crippen LogP contribution in [0.15, 0.2) is 45.6 Å². The van der Waals surface area contributed by atoms with Gasteiger partial charge in [0.15, 0.2) is 29.0 Å². The van der Waals surface area contributed by atoms with Gasteiger partial charge in [-0.15, -0.1) is 0 Å². The Morgan fingerprint density at radius 2 is 1.68 bits per heavy atom. The molecular formula is C22H20O15S. The van der Waals surface area contributed by atoms with Crippen LogP contribution in [-0.2, 0) is 24.1 Å². The Labute approximate surface area is 212 Å². The third kappa shape index (κ3) is 5.21. The quantitative estimate of drug-likeness (QED) is 0.210. The molecule has 204 valence electrons. The second-order valence-electron chi connectivity index (χ2n) is 8.00. The third-order valence-electron chi connectivity index (χ3n) is 5.55. The lowest BCUT2D eigenvalue weighted by molar-refractivity contribution is -0.265. The van der Waals surface area contributed by atoms with Gasteiger partial charge in [-0.3, -0.25) is 9.35 Å². The highest BCUT2D eigenvalue weighted by molar-refractivity contribution is 7.80. The number of hydrogen-bond donors (Lipinski definition) is 6. The highest BCUT2D eigenvalue weighted by Gasteiger charge is 2.51. The van der Waals surface area contributed by atoms with E-state index in [9.17, 15) is 43.5 Å². The Morgan fingerprint density at radius 3 is 2.26 bits per heavy atom. The standard InChI is InChI=1S/C22H20O15S/c1-33-9-4-2-8(3-5-9)13-7-11(24)14-10(23)6-12(25)17(18(14)34-13)35-22-20(37-38(30,31)32)16(27)15(26)19(36-22)21(28)29/h2-7,15-16,19-20,22-23,25-27H,1H3,(H,28,29)(H,30,31,32)/t15-,16-,19-,20+,22+/m0/s1. The predicted molar refractivity (Wildman–Crippen MR) is 123 cm³/mol. The number of aliphatic hydroxyl groups excluding tert-OH is 2. The van der Waals surface area contributed by atoms with Crippen molar-refractivity contribution in [2.45, 2.75) is 30.7 Å². The fourth-order valence-electron chi connectivity index (χ4n) is 3.79. The molecule has 2 aromatic carbocycles. The van der Waals surface area contributed by atoms with Crippen molar-refractivity contribution in [2.24, 2.45) is 0 Å². The Hall–Kier alpha value is -3.93. The first-order chi connectivity index (χ1) is 17.8. The van der Waals surface area contributed by atoms with Gasteiger partial charge in [0.05, 0.1) is 7.11 Å². The van der Waals surface area contributed by atoms with E-state index in [1.54, 1.807) is 12.1 Å². The van der Waals surface area contributed by atoms with Crippen molar-refractivity contribution in [2.75, 3.05) is 7.11 Å².